The van der Waals surface area contributed by atoms with Gasteiger partial charge in [-0.05, 0) is 13.3 Å². The zero-order chi connectivity index (χ0) is 15.0. The first-order chi connectivity index (χ1) is 8.87. The van der Waals surface area contributed by atoms with E-state index in [9.17, 15) is 14.4 Å². The molecule has 0 bridgehead atoms. The Labute approximate surface area is 112 Å². The van der Waals surface area contributed by atoms with Crippen LogP contribution in [0.4, 0.5) is 0 Å². The van der Waals surface area contributed by atoms with E-state index in [2.05, 4.69) is 16.1 Å². The van der Waals surface area contributed by atoms with Gasteiger partial charge in [-0.15, -0.1) is 0 Å². The van der Waals surface area contributed by atoms with Crippen molar-refractivity contribution >= 4 is 17.9 Å². The number of hydrogen-bond acceptors (Lipinski definition) is 6. The van der Waals surface area contributed by atoms with Crippen molar-refractivity contribution in [2.75, 3.05) is 14.2 Å². The van der Waals surface area contributed by atoms with Gasteiger partial charge < -0.3 is 14.2 Å². The standard InChI is InChI=1S/C13H18O6/c1-6-10(19-12(15)8(2)3)9(13(16)18-5)7-11(14)17-4/h7,10H,2,6H2,1,3-5H3/b9-7-. The number of ether oxygens (including phenoxy) is 3. The van der Waals surface area contributed by atoms with Crippen LogP contribution in [-0.4, -0.2) is 38.2 Å². The summed E-state index contributed by atoms with van der Waals surface area (Å²) in [5.74, 6) is -2.14. The molecule has 6 heteroatoms. The number of rotatable bonds is 6. The van der Waals surface area contributed by atoms with E-state index in [0.29, 0.717) is 6.42 Å². The lowest BCUT2D eigenvalue weighted by molar-refractivity contribution is -0.146. The second-order valence-electron chi connectivity index (χ2n) is 3.70. The van der Waals surface area contributed by atoms with Crippen molar-refractivity contribution in [3.63, 3.8) is 0 Å². The second kappa shape index (κ2) is 8.07. The minimum atomic E-state index is -0.893. The first-order valence-electron chi connectivity index (χ1n) is 5.61. The molecule has 0 fully saturated rings. The Kier molecular flexibility index (Phi) is 7.18. The van der Waals surface area contributed by atoms with Gasteiger partial charge in [0.1, 0.15) is 6.10 Å². The van der Waals surface area contributed by atoms with Gasteiger partial charge in [0.15, 0.2) is 0 Å². The molecule has 0 amide bonds. The van der Waals surface area contributed by atoms with Crippen LogP contribution in [0.5, 0.6) is 0 Å². The smallest absolute Gasteiger partial charge is 0.337 e. The zero-order valence-electron chi connectivity index (χ0n) is 11.5. The molecule has 1 unspecified atom stereocenters. The van der Waals surface area contributed by atoms with Gasteiger partial charge in [-0.2, -0.15) is 0 Å². The SMILES string of the molecule is C=C(C)C(=O)OC(CC)/C(=C/C(=O)OC)C(=O)OC. The molecule has 0 aliphatic heterocycles. The second-order valence-corrected chi connectivity index (χ2v) is 3.70. The highest BCUT2D eigenvalue weighted by Gasteiger charge is 2.25. The van der Waals surface area contributed by atoms with Crippen LogP contribution in [0.3, 0.4) is 0 Å². The molecule has 0 aromatic heterocycles. The van der Waals surface area contributed by atoms with E-state index in [1.54, 1.807) is 6.92 Å². The Balaban J connectivity index is 5.25. The van der Waals surface area contributed by atoms with Crippen molar-refractivity contribution < 1.29 is 28.6 Å². The Hall–Kier alpha value is -2.11. The summed E-state index contributed by atoms with van der Waals surface area (Å²) in [5, 5.41) is 0. The number of carbonyl (C=O) groups is 3. The summed E-state index contributed by atoms with van der Waals surface area (Å²) in [6, 6.07) is 0. The van der Waals surface area contributed by atoms with E-state index in [1.165, 1.54) is 21.1 Å². The van der Waals surface area contributed by atoms with Crippen molar-refractivity contribution in [2.24, 2.45) is 0 Å². The molecule has 0 heterocycles. The summed E-state index contributed by atoms with van der Waals surface area (Å²) in [4.78, 5) is 34.3. The quantitative estimate of drug-likeness (QED) is 0.409. The largest absolute Gasteiger partial charge is 0.466 e. The van der Waals surface area contributed by atoms with Crippen LogP contribution in [0.25, 0.3) is 0 Å². The fourth-order valence-electron chi connectivity index (χ4n) is 1.18. The number of esters is 3. The highest BCUT2D eigenvalue weighted by Crippen LogP contribution is 2.15. The summed E-state index contributed by atoms with van der Waals surface area (Å²) < 4.78 is 14.1. The maximum Gasteiger partial charge on any atom is 0.337 e. The minimum Gasteiger partial charge on any atom is -0.466 e. The number of hydrogen-bond donors (Lipinski definition) is 0. The molecule has 6 nitrogen and oxygen atoms in total. The van der Waals surface area contributed by atoms with Gasteiger partial charge in [0.2, 0.25) is 0 Å². The maximum absolute atomic E-state index is 11.6. The average molecular weight is 270 g/mol. The Morgan fingerprint density at radius 2 is 1.74 bits per heavy atom. The van der Waals surface area contributed by atoms with E-state index in [-0.39, 0.29) is 11.1 Å². The van der Waals surface area contributed by atoms with Crippen LogP contribution >= 0.6 is 0 Å². The predicted octanol–water partition coefficient (Wildman–Crippen LogP) is 1.16. The molecule has 19 heavy (non-hydrogen) atoms. The van der Waals surface area contributed by atoms with Crippen LogP contribution in [0.2, 0.25) is 0 Å². The molecular weight excluding hydrogens is 252 g/mol. The van der Waals surface area contributed by atoms with Gasteiger partial charge in [-0.3, -0.25) is 0 Å². The molecule has 0 aliphatic rings. The van der Waals surface area contributed by atoms with Crippen molar-refractivity contribution in [1.82, 2.24) is 0 Å². The first-order valence-corrected chi connectivity index (χ1v) is 5.61. The van der Waals surface area contributed by atoms with Crippen LogP contribution in [0.15, 0.2) is 23.8 Å². The van der Waals surface area contributed by atoms with Crippen molar-refractivity contribution in [2.45, 2.75) is 26.4 Å². The van der Waals surface area contributed by atoms with Gasteiger partial charge in [-0.1, -0.05) is 13.5 Å². The molecule has 0 aromatic rings. The zero-order valence-corrected chi connectivity index (χ0v) is 11.5. The highest BCUT2D eigenvalue weighted by molar-refractivity contribution is 5.97. The van der Waals surface area contributed by atoms with E-state index in [0.717, 1.165) is 6.08 Å². The van der Waals surface area contributed by atoms with E-state index in [1.807, 2.05) is 0 Å². The van der Waals surface area contributed by atoms with E-state index in [4.69, 9.17) is 4.74 Å². The molecule has 0 aliphatic carbocycles. The predicted molar refractivity (Wildman–Crippen MR) is 67.1 cm³/mol. The molecule has 0 saturated carbocycles. The fraction of sp³-hybridized carbons (Fsp3) is 0.462. The normalized spacial score (nSPS) is 12.3. The van der Waals surface area contributed by atoms with Crippen molar-refractivity contribution in [1.29, 1.82) is 0 Å². The minimum absolute atomic E-state index is 0.0774. The molecule has 0 saturated heterocycles. The van der Waals surface area contributed by atoms with Crippen LogP contribution in [0, 0.1) is 0 Å². The first kappa shape index (κ1) is 16.9. The summed E-state index contributed by atoms with van der Waals surface area (Å²) >= 11 is 0. The Morgan fingerprint density at radius 1 is 1.16 bits per heavy atom. The number of methoxy groups -OCH3 is 2. The molecule has 0 rings (SSSR count). The Morgan fingerprint density at radius 3 is 2.11 bits per heavy atom. The monoisotopic (exact) mass is 270 g/mol. The third-order valence-electron chi connectivity index (χ3n) is 2.21. The van der Waals surface area contributed by atoms with Crippen molar-refractivity contribution in [3.05, 3.63) is 23.8 Å². The molecule has 1 atom stereocenters. The van der Waals surface area contributed by atoms with Gasteiger partial charge >= 0.3 is 17.9 Å². The van der Waals surface area contributed by atoms with Crippen molar-refractivity contribution in [3.8, 4) is 0 Å². The molecule has 0 radical (unpaired) electrons. The van der Waals surface area contributed by atoms with Gasteiger partial charge in [0.05, 0.1) is 19.8 Å². The summed E-state index contributed by atoms with van der Waals surface area (Å²) in [6.07, 6.45) is 0.360. The summed E-state index contributed by atoms with van der Waals surface area (Å²) in [5.41, 5.74) is 0.118. The highest BCUT2D eigenvalue weighted by atomic mass is 16.6. The molecule has 0 spiro atoms. The molecule has 106 valence electrons. The summed E-state index contributed by atoms with van der Waals surface area (Å²) in [6.45, 7) is 6.62. The third-order valence-corrected chi connectivity index (χ3v) is 2.21. The molecular formula is C13H18O6. The van der Waals surface area contributed by atoms with E-state index >= 15 is 0 Å². The summed E-state index contributed by atoms with van der Waals surface area (Å²) in [7, 11) is 2.34. The lowest BCUT2D eigenvalue weighted by atomic mass is 10.1. The fourth-order valence-corrected chi connectivity index (χ4v) is 1.18. The van der Waals surface area contributed by atoms with Crippen LogP contribution in [-0.2, 0) is 28.6 Å². The van der Waals surface area contributed by atoms with Gasteiger partial charge in [0, 0.05) is 11.6 Å². The van der Waals surface area contributed by atoms with Crippen LogP contribution in [0.1, 0.15) is 20.3 Å². The lowest BCUT2D eigenvalue weighted by Crippen LogP contribution is -2.26. The van der Waals surface area contributed by atoms with E-state index < -0.39 is 24.0 Å². The Bertz CT molecular complexity index is 407. The average Bonchev–Trinajstić information content (AvgIpc) is 2.40. The molecule has 0 aromatic carbocycles. The lowest BCUT2D eigenvalue weighted by Gasteiger charge is -2.17. The van der Waals surface area contributed by atoms with Gasteiger partial charge in [0.25, 0.3) is 0 Å². The molecule has 0 N–H and O–H groups in total. The third kappa shape index (κ3) is 5.37. The van der Waals surface area contributed by atoms with Gasteiger partial charge in [-0.25, -0.2) is 14.4 Å². The van der Waals surface area contributed by atoms with Crippen LogP contribution < -0.4 is 0 Å². The number of carbonyl (C=O) groups excluding carboxylic acids is 3. The topological polar surface area (TPSA) is 78.9 Å². The maximum atomic E-state index is 11.6.